The number of aryl methyl sites for hydroxylation is 1. The SMILES string of the molecule is CNC(=O)CC(C)c1ccc2cc(-c3nc4cc(C(=O)N5[C@@H]6CC[C@H]5C[C@@H](N)C6)cc(OC)n4c3C)n(CC3CC3)c2n1. The Hall–Kier alpha value is -3.92. The van der Waals surface area contributed by atoms with E-state index in [0.717, 1.165) is 66.0 Å². The molecule has 7 rings (SSSR count). The van der Waals surface area contributed by atoms with Crippen LogP contribution in [-0.2, 0) is 11.3 Å². The molecule has 2 saturated heterocycles. The number of hydrogen-bond donors (Lipinski definition) is 2. The molecule has 1 saturated carbocycles. The third-order valence-corrected chi connectivity index (χ3v) is 9.80. The minimum absolute atomic E-state index is 0.0000950. The van der Waals surface area contributed by atoms with E-state index >= 15 is 0 Å². The van der Waals surface area contributed by atoms with Crippen molar-refractivity contribution in [2.45, 2.75) is 89.4 Å². The molecule has 1 unspecified atom stereocenters. The first-order valence-electron chi connectivity index (χ1n) is 15.6. The van der Waals surface area contributed by atoms with Crippen molar-refractivity contribution >= 4 is 28.5 Å². The lowest BCUT2D eigenvalue weighted by atomic mass is 9.97. The monoisotopic (exact) mass is 583 g/mol. The highest BCUT2D eigenvalue weighted by Gasteiger charge is 2.42. The minimum Gasteiger partial charge on any atom is -0.482 e. The highest BCUT2D eigenvalue weighted by molar-refractivity contribution is 5.96. The van der Waals surface area contributed by atoms with Gasteiger partial charge in [0.2, 0.25) is 5.91 Å². The van der Waals surface area contributed by atoms with Gasteiger partial charge in [-0.2, -0.15) is 0 Å². The maximum atomic E-state index is 13.9. The van der Waals surface area contributed by atoms with Crippen molar-refractivity contribution < 1.29 is 14.3 Å². The van der Waals surface area contributed by atoms with Gasteiger partial charge in [-0.05, 0) is 75.6 Å². The number of rotatable bonds is 8. The van der Waals surface area contributed by atoms with Gasteiger partial charge in [0.1, 0.15) is 17.0 Å². The number of piperidine rings is 1. The Kier molecular flexibility index (Phi) is 6.91. The number of methoxy groups -OCH3 is 1. The molecular weight excluding hydrogens is 542 g/mol. The highest BCUT2D eigenvalue weighted by Crippen LogP contribution is 2.39. The quantitative estimate of drug-likeness (QED) is 0.317. The van der Waals surface area contributed by atoms with Crippen LogP contribution < -0.4 is 15.8 Å². The molecule has 3 N–H and O–H groups in total. The van der Waals surface area contributed by atoms with Gasteiger partial charge in [0.05, 0.1) is 18.5 Å². The number of amides is 2. The topological polar surface area (TPSA) is 120 Å². The normalized spacial score (nSPS) is 22.3. The van der Waals surface area contributed by atoms with Crippen molar-refractivity contribution in [3.8, 4) is 17.3 Å². The van der Waals surface area contributed by atoms with Gasteiger partial charge in [-0.1, -0.05) is 6.92 Å². The molecule has 0 spiro atoms. The number of aromatic nitrogens is 4. The number of carbonyl (C=O) groups is 2. The average molecular weight is 584 g/mol. The zero-order valence-electron chi connectivity index (χ0n) is 25.5. The number of pyridine rings is 2. The van der Waals surface area contributed by atoms with E-state index in [-0.39, 0.29) is 35.9 Å². The van der Waals surface area contributed by atoms with E-state index < -0.39 is 0 Å². The average Bonchev–Trinajstić information content (AvgIpc) is 3.59. The van der Waals surface area contributed by atoms with Gasteiger partial charge in [0.15, 0.2) is 5.88 Å². The number of ether oxygens (including phenoxy) is 1. The van der Waals surface area contributed by atoms with Crippen molar-refractivity contribution in [3.05, 3.63) is 47.3 Å². The fourth-order valence-corrected chi connectivity index (χ4v) is 7.33. The summed E-state index contributed by atoms with van der Waals surface area (Å²) in [5, 5.41) is 3.77. The molecule has 4 aromatic rings. The second kappa shape index (κ2) is 10.7. The molecule has 1 aliphatic carbocycles. The van der Waals surface area contributed by atoms with Crippen LogP contribution in [0.2, 0.25) is 0 Å². The molecule has 43 heavy (non-hydrogen) atoms. The van der Waals surface area contributed by atoms with E-state index in [1.165, 1.54) is 12.8 Å². The molecule has 226 valence electrons. The molecule has 6 heterocycles. The van der Waals surface area contributed by atoms with Crippen LogP contribution in [0, 0.1) is 12.8 Å². The van der Waals surface area contributed by atoms with E-state index in [4.69, 9.17) is 20.4 Å². The first-order valence-corrected chi connectivity index (χ1v) is 15.6. The Balaban J connectivity index is 1.31. The largest absolute Gasteiger partial charge is 0.482 e. The Bertz CT molecular complexity index is 1720. The maximum absolute atomic E-state index is 13.9. The van der Waals surface area contributed by atoms with Crippen LogP contribution in [0.1, 0.15) is 79.5 Å². The summed E-state index contributed by atoms with van der Waals surface area (Å²) >= 11 is 0. The van der Waals surface area contributed by atoms with E-state index in [9.17, 15) is 9.59 Å². The van der Waals surface area contributed by atoms with Crippen molar-refractivity contribution in [1.29, 1.82) is 0 Å². The first kappa shape index (κ1) is 27.9. The molecule has 2 aliphatic heterocycles. The van der Waals surface area contributed by atoms with Crippen molar-refractivity contribution in [2.75, 3.05) is 14.2 Å². The fourth-order valence-electron chi connectivity index (χ4n) is 7.33. The second-order valence-corrected chi connectivity index (χ2v) is 12.9. The summed E-state index contributed by atoms with van der Waals surface area (Å²) in [6.45, 7) is 4.96. The highest BCUT2D eigenvalue weighted by atomic mass is 16.5. The van der Waals surface area contributed by atoms with Crippen LogP contribution in [0.5, 0.6) is 5.88 Å². The van der Waals surface area contributed by atoms with Gasteiger partial charge < -0.3 is 25.3 Å². The predicted molar refractivity (Wildman–Crippen MR) is 165 cm³/mol. The van der Waals surface area contributed by atoms with Gasteiger partial charge in [-0.3, -0.25) is 14.0 Å². The molecule has 2 amide bonds. The van der Waals surface area contributed by atoms with E-state index in [1.807, 2.05) is 29.5 Å². The van der Waals surface area contributed by atoms with E-state index in [0.29, 0.717) is 29.4 Å². The summed E-state index contributed by atoms with van der Waals surface area (Å²) < 4.78 is 10.1. The summed E-state index contributed by atoms with van der Waals surface area (Å²) in [6.07, 6.45) is 6.56. The predicted octanol–water partition coefficient (Wildman–Crippen LogP) is 4.41. The number of imidazole rings is 1. The van der Waals surface area contributed by atoms with Crippen LogP contribution in [0.25, 0.3) is 28.1 Å². The molecule has 10 nitrogen and oxygen atoms in total. The summed E-state index contributed by atoms with van der Waals surface area (Å²) in [5.41, 5.74) is 12.2. The third-order valence-electron chi connectivity index (χ3n) is 9.80. The molecular formula is C33H41N7O3. The summed E-state index contributed by atoms with van der Waals surface area (Å²) in [6, 6.07) is 10.6. The smallest absolute Gasteiger partial charge is 0.254 e. The lowest BCUT2D eigenvalue weighted by Gasteiger charge is -2.37. The zero-order chi connectivity index (χ0) is 30.0. The Morgan fingerprint density at radius 1 is 1.09 bits per heavy atom. The van der Waals surface area contributed by atoms with Crippen LogP contribution in [0.15, 0.2) is 30.3 Å². The molecule has 0 aromatic carbocycles. The van der Waals surface area contributed by atoms with Crippen molar-refractivity contribution in [2.24, 2.45) is 11.7 Å². The van der Waals surface area contributed by atoms with Gasteiger partial charge in [-0.25, -0.2) is 9.97 Å². The maximum Gasteiger partial charge on any atom is 0.254 e. The molecule has 3 aliphatic rings. The van der Waals surface area contributed by atoms with Gasteiger partial charge >= 0.3 is 0 Å². The lowest BCUT2D eigenvalue weighted by molar-refractivity contribution is -0.120. The zero-order valence-corrected chi connectivity index (χ0v) is 25.5. The molecule has 2 bridgehead atoms. The van der Waals surface area contributed by atoms with Crippen LogP contribution >= 0.6 is 0 Å². The molecule has 10 heteroatoms. The molecule has 0 radical (unpaired) electrons. The van der Waals surface area contributed by atoms with Crippen LogP contribution in [-0.4, -0.2) is 67.9 Å². The molecule has 4 aromatic heterocycles. The number of nitrogens with zero attached hydrogens (tertiary/aromatic N) is 5. The number of nitrogens with one attached hydrogen (secondary N) is 1. The fraction of sp³-hybridized carbons (Fsp3) is 0.515. The standard InChI is InChI=1S/C33H41N7O3/c1-18(11-29(41)35-3)26-10-7-21-12-27(38(32(21)36-26)17-20-5-6-20)31-19(2)39-28(37-31)13-22(14-30(39)43-4)33(42)40-24-8-9-25(40)16-23(34)15-24/h7,10,12-14,18,20,23-25H,5-6,8-9,11,15-17,34H2,1-4H3,(H,35,41)/t18?,23-,24+,25-. The Morgan fingerprint density at radius 3 is 2.51 bits per heavy atom. The van der Waals surface area contributed by atoms with Gasteiger partial charge in [0, 0.05) is 66.8 Å². The van der Waals surface area contributed by atoms with Crippen LogP contribution in [0.3, 0.4) is 0 Å². The van der Waals surface area contributed by atoms with E-state index in [2.05, 4.69) is 33.8 Å². The van der Waals surface area contributed by atoms with Crippen LogP contribution in [0.4, 0.5) is 0 Å². The number of nitrogens with two attached hydrogens (primary N) is 1. The Morgan fingerprint density at radius 2 is 1.84 bits per heavy atom. The number of hydrogen-bond acceptors (Lipinski definition) is 6. The molecule has 3 fully saturated rings. The third kappa shape index (κ3) is 4.85. The van der Waals surface area contributed by atoms with Gasteiger partial charge in [0.25, 0.3) is 5.91 Å². The second-order valence-electron chi connectivity index (χ2n) is 12.9. The summed E-state index contributed by atoms with van der Waals surface area (Å²) in [5.74, 6) is 1.25. The Labute approximate surface area is 251 Å². The summed E-state index contributed by atoms with van der Waals surface area (Å²) in [7, 11) is 3.30. The lowest BCUT2D eigenvalue weighted by Crippen LogP contribution is -2.50. The van der Waals surface area contributed by atoms with Crippen molar-refractivity contribution in [1.82, 2.24) is 29.2 Å². The molecule has 4 atom stereocenters. The van der Waals surface area contributed by atoms with Crippen molar-refractivity contribution in [3.63, 3.8) is 0 Å². The number of fused-ring (bicyclic) bond motifs is 4. The van der Waals surface area contributed by atoms with Gasteiger partial charge in [-0.15, -0.1) is 0 Å². The summed E-state index contributed by atoms with van der Waals surface area (Å²) in [4.78, 5) is 38.2. The van der Waals surface area contributed by atoms with E-state index in [1.54, 1.807) is 14.2 Å². The minimum atomic E-state index is 0.0000950. The number of carbonyl (C=O) groups excluding carboxylic acids is 2. The first-order chi connectivity index (χ1) is 20.7.